The Morgan fingerprint density at radius 1 is 1.13 bits per heavy atom. The number of pyridine rings is 1. The molecular formula is C26H27ClN8O3. The van der Waals surface area contributed by atoms with Crippen LogP contribution in [0.25, 0.3) is 22.8 Å². The van der Waals surface area contributed by atoms with Crippen LogP contribution in [0.5, 0.6) is 5.75 Å². The zero-order valence-electron chi connectivity index (χ0n) is 21.0. The Hall–Kier alpha value is -4.12. The highest BCUT2D eigenvalue weighted by molar-refractivity contribution is 6.28. The molecule has 12 heteroatoms. The molecule has 0 saturated heterocycles. The molecule has 0 bridgehead atoms. The maximum atomic E-state index is 11.4. The van der Waals surface area contributed by atoms with E-state index in [1.807, 2.05) is 49.4 Å². The number of carboxylic acids is 1. The second-order valence-corrected chi connectivity index (χ2v) is 9.54. The highest BCUT2D eigenvalue weighted by atomic mass is 35.5. The number of aromatic nitrogens is 7. The van der Waals surface area contributed by atoms with Gasteiger partial charge in [0.2, 0.25) is 11.2 Å². The van der Waals surface area contributed by atoms with E-state index in [1.54, 1.807) is 11.7 Å². The molecule has 2 N–H and O–H groups in total. The number of aliphatic carboxylic acids is 1. The van der Waals surface area contributed by atoms with Gasteiger partial charge in [-0.15, -0.1) is 5.10 Å². The summed E-state index contributed by atoms with van der Waals surface area (Å²) in [5, 5.41) is 21.1. The zero-order valence-corrected chi connectivity index (χ0v) is 21.8. The molecule has 2 unspecified atom stereocenters. The van der Waals surface area contributed by atoms with Crippen molar-refractivity contribution in [2.75, 3.05) is 5.32 Å². The first-order valence-corrected chi connectivity index (χ1v) is 12.7. The fraction of sp³-hybridized carbons (Fsp3) is 0.346. The number of aryl methyl sites for hydroxylation is 2. The smallest absolute Gasteiger partial charge is 0.306 e. The maximum Gasteiger partial charge on any atom is 0.306 e. The predicted octanol–water partition coefficient (Wildman–Crippen LogP) is 4.33. The van der Waals surface area contributed by atoms with Crippen molar-refractivity contribution in [3.8, 4) is 28.5 Å². The van der Waals surface area contributed by atoms with Crippen molar-refractivity contribution >= 4 is 23.5 Å². The van der Waals surface area contributed by atoms with Crippen LogP contribution in [0, 0.1) is 12.8 Å². The maximum absolute atomic E-state index is 11.4. The van der Waals surface area contributed by atoms with E-state index < -0.39 is 5.97 Å². The Labute approximate surface area is 224 Å². The zero-order chi connectivity index (χ0) is 26.6. The molecule has 0 spiro atoms. The molecule has 3 aromatic heterocycles. The lowest BCUT2D eigenvalue weighted by Crippen LogP contribution is -2.29. The Kier molecular flexibility index (Phi) is 7.45. The van der Waals surface area contributed by atoms with E-state index in [9.17, 15) is 9.90 Å². The first-order valence-electron chi connectivity index (χ1n) is 12.3. The molecule has 0 radical (unpaired) electrons. The van der Waals surface area contributed by atoms with E-state index in [1.165, 1.54) is 0 Å². The number of rotatable bonds is 8. The molecule has 1 fully saturated rings. The van der Waals surface area contributed by atoms with Gasteiger partial charge >= 0.3 is 5.97 Å². The minimum Gasteiger partial charge on any atom is -0.489 e. The van der Waals surface area contributed by atoms with Crippen LogP contribution in [0.4, 0.5) is 5.95 Å². The fourth-order valence-electron chi connectivity index (χ4n) is 4.54. The predicted molar refractivity (Wildman–Crippen MR) is 141 cm³/mol. The lowest BCUT2D eigenvalue weighted by Gasteiger charge is -2.27. The molecule has 1 aliphatic rings. The highest BCUT2D eigenvalue weighted by Gasteiger charge is 2.28. The van der Waals surface area contributed by atoms with E-state index in [0.717, 1.165) is 24.1 Å². The van der Waals surface area contributed by atoms with Crippen LogP contribution in [0.2, 0.25) is 5.28 Å². The van der Waals surface area contributed by atoms with Gasteiger partial charge in [-0.1, -0.05) is 35.5 Å². The van der Waals surface area contributed by atoms with Crippen molar-refractivity contribution in [3.63, 3.8) is 0 Å². The molecular weight excluding hydrogens is 508 g/mol. The van der Waals surface area contributed by atoms with Gasteiger partial charge in [0.15, 0.2) is 5.82 Å². The lowest BCUT2D eigenvalue weighted by molar-refractivity contribution is -0.143. The largest absolute Gasteiger partial charge is 0.489 e. The van der Waals surface area contributed by atoms with Gasteiger partial charge in [-0.3, -0.25) is 4.79 Å². The van der Waals surface area contributed by atoms with Crippen LogP contribution < -0.4 is 10.1 Å². The number of benzene rings is 1. The summed E-state index contributed by atoms with van der Waals surface area (Å²) in [5.41, 5.74) is 3.56. The number of ether oxygens (including phenoxy) is 1. The molecule has 0 amide bonds. The number of hydrogen-bond donors (Lipinski definition) is 2. The van der Waals surface area contributed by atoms with Crippen molar-refractivity contribution in [2.24, 2.45) is 13.0 Å². The van der Waals surface area contributed by atoms with E-state index in [0.29, 0.717) is 54.0 Å². The van der Waals surface area contributed by atoms with Crippen molar-refractivity contribution in [1.82, 2.24) is 34.9 Å². The number of nitrogens with zero attached hydrogens (tertiary/aromatic N) is 7. The number of carbonyl (C=O) groups is 1. The van der Waals surface area contributed by atoms with E-state index >= 15 is 0 Å². The second-order valence-electron chi connectivity index (χ2n) is 9.20. The van der Waals surface area contributed by atoms with E-state index in [-0.39, 0.29) is 17.3 Å². The number of carboxylic acid groups (broad SMARTS) is 1. The minimum atomic E-state index is -0.761. The van der Waals surface area contributed by atoms with Crippen LogP contribution in [0.15, 0.2) is 42.5 Å². The number of anilines is 1. The van der Waals surface area contributed by atoms with Gasteiger partial charge in [-0.05, 0) is 56.3 Å². The van der Waals surface area contributed by atoms with E-state index in [4.69, 9.17) is 21.3 Å². The molecule has 1 saturated carbocycles. The number of halogens is 1. The van der Waals surface area contributed by atoms with Gasteiger partial charge in [-0.25, -0.2) is 9.67 Å². The molecule has 38 heavy (non-hydrogen) atoms. The van der Waals surface area contributed by atoms with Crippen LogP contribution in [-0.2, 0) is 18.4 Å². The van der Waals surface area contributed by atoms with Gasteiger partial charge in [0.05, 0.1) is 35.6 Å². The third kappa shape index (κ3) is 5.72. The average molecular weight is 535 g/mol. The SMILES string of the molecule is Cc1nc(-c2nnn(C)c2CNc2nc(Cl)nc(-c3ccccc3)n2)ccc1OC1CCCC(C(=O)O)C1. The summed E-state index contributed by atoms with van der Waals surface area (Å²) in [6.07, 6.45) is 2.72. The van der Waals surface area contributed by atoms with Crippen molar-refractivity contribution in [3.05, 3.63) is 59.1 Å². The summed E-state index contributed by atoms with van der Waals surface area (Å²) in [4.78, 5) is 29.0. The Balaban J connectivity index is 1.32. The molecule has 2 atom stereocenters. The molecule has 0 aliphatic heterocycles. The monoisotopic (exact) mass is 534 g/mol. The highest BCUT2D eigenvalue weighted by Crippen LogP contribution is 2.30. The Bertz CT molecular complexity index is 1450. The summed E-state index contributed by atoms with van der Waals surface area (Å²) >= 11 is 6.16. The minimum absolute atomic E-state index is 0.0882. The number of hydrogen-bond acceptors (Lipinski definition) is 9. The summed E-state index contributed by atoms with van der Waals surface area (Å²) in [7, 11) is 1.80. The summed E-state index contributed by atoms with van der Waals surface area (Å²) in [5.74, 6) is 0.316. The van der Waals surface area contributed by atoms with Crippen LogP contribution in [0.1, 0.15) is 37.1 Å². The van der Waals surface area contributed by atoms with Gasteiger partial charge in [0.25, 0.3) is 0 Å². The Morgan fingerprint density at radius 3 is 2.71 bits per heavy atom. The van der Waals surface area contributed by atoms with Crippen LogP contribution >= 0.6 is 11.6 Å². The first-order chi connectivity index (χ1) is 18.4. The van der Waals surface area contributed by atoms with E-state index in [2.05, 4.69) is 30.6 Å². The van der Waals surface area contributed by atoms with Crippen LogP contribution in [0.3, 0.4) is 0 Å². The molecule has 3 heterocycles. The van der Waals surface area contributed by atoms with Crippen molar-refractivity contribution < 1.29 is 14.6 Å². The summed E-state index contributed by atoms with van der Waals surface area (Å²) in [6.45, 7) is 2.19. The summed E-state index contributed by atoms with van der Waals surface area (Å²) < 4.78 is 7.81. The molecule has 1 aromatic carbocycles. The first kappa shape index (κ1) is 25.5. The third-order valence-electron chi connectivity index (χ3n) is 6.55. The van der Waals surface area contributed by atoms with Crippen LogP contribution in [-0.4, -0.2) is 52.1 Å². The second kappa shape index (κ2) is 11.1. The fourth-order valence-corrected chi connectivity index (χ4v) is 4.70. The standard InChI is InChI=1S/C26H27ClN8O3/c1-15-21(38-18-10-6-9-17(13-18)24(36)37)12-11-19(29-15)22-20(35(2)34-33-22)14-28-26-31-23(30-25(27)32-26)16-7-4-3-5-8-16/h3-5,7-8,11-12,17-18H,6,9-10,13-14H2,1-2H3,(H,36,37)(H,28,30,31,32). The topological polar surface area (TPSA) is 141 Å². The molecule has 4 aromatic rings. The lowest BCUT2D eigenvalue weighted by atomic mass is 9.87. The molecule has 1 aliphatic carbocycles. The van der Waals surface area contributed by atoms with Gasteiger partial charge in [0.1, 0.15) is 11.4 Å². The normalized spacial score (nSPS) is 17.2. The van der Waals surface area contributed by atoms with Gasteiger partial charge in [-0.2, -0.15) is 15.0 Å². The molecule has 196 valence electrons. The third-order valence-corrected chi connectivity index (χ3v) is 6.71. The Morgan fingerprint density at radius 2 is 1.95 bits per heavy atom. The quantitative estimate of drug-likeness (QED) is 0.335. The van der Waals surface area contributed by atoms with Gasteiger partial charge in [0, 0.05) is 12.6 Å². The van der Waals surface area contributed by atoms with Crippen molar-refractivity contribution in [1.29, 1.82) is 0 Å². The number of nitrogens with one attached hydrogen (secondary N) is 1. The average Bonchev–Trinajstić information content (AvgIpc) is 3.29. The molecule has 11 nitrogen and oxygen atoms in total. The molecule has 5 rings (SSSR count). The van der Waals surface area contributed by atoms with Gasteiger partial charge < -0.3 is 15.2 Å². The summed E-state index contributed by atoms with van der Waals surface area (Å²) in [6, 6.07) is 13.2. The van der Waals surface area contributed by atoms with Crippen molar-refractivity contribution in [2.45, 2.75) is 45.3 Å².